The first kappa shape index (κ1) is 17.2. The Kier molecular flexibility index (Phi) is 4.91. The predicted molar refractivity (Wildman–Crippen MR) is 99.7 cm³/mol. The lowest BCUT2D eigenvalue weighted by Gasteiger charge is -2.22. The summed E-state index contributed by atoms with van der Waals surface area (Å²) < 4.78 is 0. The van der Waals surface area contributed by atoms with Crippen LogP contribution in [0.15, 0.2) is 54.7 Å². The first-order valence-corrected chi connectivity index (χ1v) is 8.47. The largest absolute Gasteiger partial charge is 0.505 e. The summed E-state index contributed by atoms with van der Waals surface area (Å²) in [6.07, 6.45) is 1.63. The summed E-state index contributed by atoms with van der Waals surface area (Å²) >= 11 is 5.98. The SMILES string of the molecule is CC(C)C(=O)NC(c1ccc(Cl)cc1)c1ccc2cccnc2c1O. The molecule has 0 saturated carbocycles. The van der Waals surface area contributed by atoms with Crippen LogP contribution in [-0.2, 0) is 4.79 Å². The van der Waals surface area contributed by atoms with E-state index in [0.717, 1.165) is 10.9 Å². The molecule has 128 valence electrons. The molecule has 0 aliphatic rings. The summed E-state index contributed by atoms with van der Waals surface area (Å²) in [5.41, 5.74) is 1.95. The molecule has 5 heteroatoms. The Labute approximate surface area is 151 Å². The van der Waals surface area contributed by atoms with Crippen molar-refractivity contribution in [2.75, 3.05) is 0 Å². The highest BCUT2D eigenvalue weighted by atomic mass is 35.5. The van der Waals surface area contributed by atoms with Crippen LogP contribution in [0.1, 0.15) is 31.0 Å². The van der Waals surface area contributed by atoms with Gasteiger partial charge in [-0.25, -0.2) is 0 Å². The van der Waals surface area contributed by atoms with Crippen molar-refractivity contribution in [2.45, 2.75) is 19.9 Å². The highest BCUT2D eigenvalue weighted by Gasteiger charge is 2.22. The number of fused-ring (bicyclic) bond motifs is 1. The minimum atomic E-state index is -0.487. The Bertz CT molecular complexity index is 907. The summed E-state index contributed by atoms with van der Waals surface area (Å²) in [6, 6.07) is 14.1. The Hall–Kier alpha value is -2.59. The maximum Gasteiger partial charge on any atom is 0.223 e. The van der Waals surface area contributed by atoms with Crippen LogP contribution in [-0.4, -0.2) is 16.0 Å². The Balaban J connectivity index is 2.12. The molecule has 3 rings (SSSR count). The summed E-state index contributed by atoms with van der Waals surface area (Å²) in [7, 11) is 0. The molecule has 0 bridgehead atoms. The fraction of sp³-hybridized carbons (Fsp3) is 0.200. The molecule has 0 aliphatic heterocycles. The van der Waals surface area contributed by atoms with Crippen LogP contribution in [0.2, 0.25) is 5.02 Å². The van der Waals surface area contributed by atoms with E-state index >= 15 is 0 Å². The van der Waals surface area contributed by atoms with Crippen molar-refractivity contribution in [3.63, 3.8) is 0 Å². The van der Waals surface area contributed by atoms with Crippen LogP contribution in [0, 0.1) is 5.92 Å². The van der Waals surface area contributed by atoms with E-state index in [0.29, 0.717) is 16.1 Å². The van der Waals surface area contributed by atoms with Crippen molar-refractivity contribution < 1.29 is 9.90 Å². The molecule has 25 heavy (non-hydrogen) atoms. The first-order valence-electron chi connectivity index (χ1n) is 8.10. The van der Waals surface area contributed by atoms with Crippen LogP contribution >= 0.6 is 11.6 Å². The number of pyridine rings is 1. The van der Waals surface area contributed by atoms with Crippen molar-refractivity contribution in [1.29, 1.82) is 0 Å². The highest BCUT2D eigenvalue weighted by Crippen LogP contribution is 2.34. The van der Waals surface area contributed by atoms with Gasteiger partial charge in [-0.15, -0.1) is 0 Å². The van der Waals surface area contributed by atoms with Gasteiger partial charge in [0.1, 0.15) is 11.3 Å². The van der Waals surface area contributed by atoms with E-state index in [2.05, 4.69) is 10.3 Å². The fourth-order valence-corrected chi connectivity index (χ4v) is 2.81. The van der Waals surface area contributed by atoms with E-state index in [1.165, 1.54) is 0 Å². The van der Waals surface area contributed by atoms with Crippen molar-refractivity contribution >= 4 is 28.4 Å². The lowest BCUT2D eigenvalue weighted by atomic mass is 9.95. The number of rotatable bonds is 4. The number of nitrogens with zero attached hydrogens (tertiary/aromatic N) is 1. The van der Waals surface area contributed by atoms with E-state index in [1.54, 1.807) is 18.3 Å². The van der Waals surface area contributed by atoms with E-state index in [9.17, 15) is 9.90 Å². The molecule has 0 spiro atoms. The second-order valence-corrected chi connectivity index (χ2v) is 6.66. The smallest absolute Gasteiger partial charge is 0.223 e. The average Bonchev–Trinajstić information content (AvgIpc) is 2.61. The topological polar surface area (TPSA) is 62.2 Å². The van der Waals surface area contributed by atoms with E-state index in [1.807, 2.05) is 50.2 Å². The summed E-state index contributed by atoms with van der Waals surface area (Å²) in [5, 5.41) is 15.2. The highest BCUT2D eigenvalue weighted by molar-refractivity contribution is 6.30. The maximum atomic E-state index is 12.3. The number of phenolic OH excluding ortho intramolecular Hbond substituents is 1. The monoisotopic (exact) mass is 354 g/mol. The number of nitrogens with one attached hydrogen (secondary N) is 1. The van der Waals surface area contributed by atoms with Gasteiger partial charge >= 0.3 is 0 Å². The van der Waals surface area contributed by atoms with Gasteiger partial charge in [0.25, 0.3) is 0 Å². The lowest BCUT2D eigenvalue weighted by molar-refractivity contribution is -0.124. The summed E-state index contributed by atoms with van der Waals surface area (Å²) in [4.78, 5) is 16.6. The van der Waals surface area contributed by atoms with Crippen LogP contribution in [0.3, 0.4) is 0 Å². The van der Waals surface area contributed by atoms with Crippen molar-refractivity contribution in [2.24, 2.45) is 5.92 Å². The molecule has 4 nitrogen and oxygen atoms in total. The number of hydrogen-bond acceptors (Lipinski definition) is 3. The number of amides is 1. The number of hydrogen-bond donors (Lipinski definition) is 2. The van der Waals surface area contributed by atoms with Gasteiger partial charge in [0.2, 0.25) is 5.91 Å². The van der Waals surface area contributed by atoms with E-state index in [-0.39, 0.29) is 17.6 Å². The third-order valence-corrected chi connectivity index (χ3v) is 4.36. The number of aromatic hydroxyl groups is 1. The minimum absolute atomic E-state index is 0.0714. The van der Waals surface area contributed by atoms with Gasteiger partial charge in [-0.3, -0.25) is 9.78 Å². The molecular formula is C20H19ClN2O2. The van der Waals surface area contributed by atoms with Crippen LogP contribution in [0.5, 0.6) is 5.75 Å². The molecule has 2 aromatic carbocycles. The van der Waals surface area contributed by atoms with E-state index < -0.39 is 6.04 Å². The predicted octanol–water partition coefficient (Wildman–Crippen LogP) is 4.46. The first-order chi connectivity index (χ1) is 12.0. The minimum Gasteiger partial charge on any atom is -0.505 e. The van der Waals surface area contributed by atoms with Crippen molar-refractivity contribution in [1.82, 2.24) is 10.3 Å². The van der Waals surface area contributed by atoms with Crippen molar-refractivity contribution in [3.05, 3.63) is 70.9 Å². The number of carbonyl (C=O) groups is 1. The molecule has 3 aromatic rings. The number of phenols is 1. The zero-order valence-electron chi connectivity index (χ0n) is 14.0. The average molecular weight is 355 g/mol. The quantitative estimate of drug-likeness (QED) is 0.727. The molecular weight excluding hydrogens is 336 g/mol. The molecule has 0 aliphatic carbocycles. The number of carbonyl (C=O) groups excluding carboxylic acids is 1. The number of halogens is 1. The second kappa shape index (κ2) is 7.11. The summed E-state index contributed by atoms with van der Waals surface area (Å²) in [5.74, 6) is -0.196. The summed E-state index contributed by atoms with van der Waals surface area (Å²) in [6.45, 7) is 3.66. The van der Waals surface area contributed by atoms with Gasteiger partial charge in [0, 0.05) is 28.1 Å². The van der Waals surface area contributed by atoms with Gasteiger partial charge in [0.05, 0.1) is 6.04 Å². The zero-order chi connectivity index (χ0) is 18.0. The fourth-order valence-electron chi connectivity index (χ4n) is 2.68. The normalized spacial score (nSPS) is 12.3. The third-order valence-electron chi connectivity index (χ3n) is 4.10. The Morgan fingerprint density at radius 2 is 1.84 bits per heavy atom. The standard InChI is InChI=1S/C20H19ClN2O2/c1-12(2)20(25)23-17(14-5-8-15(21)9-6-14)16-10-7-13-4-3-11-22-18(13)19(16)24/h3-12,17,24H,1-2H3,(H,23,25). The molecule has 1 unspecified atom stereocenters. The van der Waals surface area contributed by atoms with E-state index in [4.69, 9.17) is 11.6 Å². The molecule has 0 saturated heterocycles. The zero-order valence-corrected chi connectivity index (χ0v) is 14.8. The molecule has 1 atom stereocenters. The van der Waals surface area contributed by atoms with Crippen molar-refractivity contribution in [3.8, 4) is 5.75 Å². The van der Waals surface area contributed by atoms with Gasteiger partial charge in [-0.05, 0) is 23.8 Å². The number of benzene rings is 2. The lowest BCUT2D eigenvalue weighted by Crippen LogP contribution is -2.32. The number of aromatic nitrogens is 1. The van der Waals surface area contributed by atoms with Gasteiger partial charge in [-0.1, -0.05) is 55.8 Å². The Morgan fingerprint density at radius 3 is 2.52 bits per heavy atom. The van der Waals surface area contributed by atoms with Crippen LogP contribution in [0.4, 0.5) is 0 Å². The maximum absolute atomic E-state index is 12.3. The third kappa shape index (κ3) is 3.59. The van der Waals surface area contributed by atoms with Gasteiger partial charge in [-0.2, -0.15) is 0 Å². The Morgan fingerprint density at radius 1 is 1.12 bits per heavy atom. The van der Waals surface area contributed by atoms with Crippen LogP contribution < -0.4 is 5.32 Å². The molecule has 2 N–H and O–H groups in total. The molecule has 0 fully saturated rings. The molecule has 1 amide bonds. The molecule has 1 heterocycles. The van der Waals surface area contributed by atoms with Crippen LogP contribution in [0.25, 0.3) is 10.9 Å². The molecule has 0 radical (unpaired) electrons. The molecule has 1 aromatic heterocycles. The van der Waals surface area contributed by atoms with Gasteiger partial charge < -0.3 is 10.4 Å². The van der Waals surface area contributed by atoms with Gasteiger partial charge in [0.15, 0.2) is 0 Å². The second-order valence-electron chi connectivity index (χ2n) is 6.23.